The summed E-state index contributed by atoms with van der Waals surface area (Å²) >= 11 is 0. The Morgan fingerprint density at radius 1 is 1.56 bits per heavy atom. The van der Waals surface area contributed by atoms with Crippen LogP contribution in [0.3, 0.4) is 0 Å². The number of hydrogen-bond donors (Lipinski definition) is 2. The number of nitrogens with zero attached hydrogens (tertiary/aromatic N) is 1. The van der Waals surface area contributed by atoms with Gasteiger partial charge >= 0.3 is 0 Å². The fraction of sp³-hybridized carbons (Fsp3) is 0.636. The zero-order chi connectivity index (χ0) is 11.8. The highest BCUT2D eigenvalue weighted by Gasteiger charge is 2.02. The van der Waals surface area contributed by atoms with Crippen LogP contribution in [0.15, 0.2) is 10.6 Å². The third-order valence-electron chi connectivity index (χ3n) is 2.08. The zero-order valence-electron chi connectivity index (χ0n) is 9.88. The number of hydrogen-bond acceptors (Lipinski definition) is 4. The van der Waals surface area contributed by atoms with Crippen LogP contribution in [-0.2, 0) is 11.3 Å². The Labute approximate surface area is 95.6 Å². The van der Waals surface area contributed by atoms with E-state index in [0.717, 1.165) is 25.1 Å². The summed E-state index contributed by atoms with van der Waals surface area (Å²) in [6.45, 7) is 5.46. The van der Waals surface area contributed by atoms with Gasteiger partial charge in [-0.15, -0.1) is 0 Å². The summed E-state index contributed by atoms with van der Waals surface area (Å²) in [5.41, 5.74) is 0. The zero-order valence-corrected chi connectivity index (χ0v) is 9.88. The predicted molar refractivity (Wildman–Crippen MR) is 60.9 cm³/mol. The van der Waals surface area contributed by atoms with E-state index in [4.69, 9.17) is 4.42 Å². The lowest BCUT2D eigenvalue weighted by Gasteiger charge is -2.04. The van der Waals surface area contributed by atoms with Crippen LogP contribution in [0.5, 0.6) is 0 Å². The summed E-state index contributed by atoms with van der Waals surface area (Å²) in [4.78, 5) is 15.3. The van der Waals surface area contributed by atoms with Gasteiger partial charge in [0.15, 0.2) is 0 Å². The molecule has 2 N–H and O–H groups in total. The number of carbonyl (C=O) groups is 1. The van der Waals surface area contributed by atoms with Gasteiger partial charge in [0.25, 0.3) is 0 Å². The number of aryl methyl sites for hydroxylation is 1. The van der Waals surface area contributed by atoms with Crippen LogP contribution in [0.1, 0.15) is 31.4 Å². The van der Waals surface area contributed by atoms with Gasteiger partial charge in [0.05, 0.1) is 19.3 Å². The van der Waals surface area contributed by atoms with Crippen LogP contribution in [0, 0.1) is 6.92 Å². The fourth-order valence-electron chi connectivity index (χ4n) is 1.23. The minimum absolute atomic E-state index is 0.0109. The Morgan fingerprint density at radius 2 is 2.38 bits per heavy atom. The average molecular weight is 225 g/mol. The number of nitrogens with one attached hydrogen (secondary N) is 2. The highest BCUT2D eigenvalue weighted by Crippen LogP contribution is 1.99. The van der Waals surface area contributed by atoms with Gasteiger partial charge in [-0.2, -0.15) is 0 Å². The molecule has 0 aliphatic heterocycles. The maximum Gasteiger partial charge on any atom is 0.233 e. The van der Waals surface area contributed by atoms with Crippen LogP contribution < -0.4 is 10.6 Å². The van der Waals surface area contributed by atoms with Crippen LogP contribution >= 0.6 is 0 Å². The van der Waals surface area contributed by atoms with E-state index in [-0.39, 0.29) is 5.91 Å². The highest BCUT2D eigenvalue weighted by atomic mass is 16.4. The molecule has 0 aromatic carbocycles. The highest BCUT2D eigenvalue weighted by molar-refractivity contribution is 5.77. The van der Waals surface area contributed by atoms with E-state index < -0.39 is 0 Å². The van der Waals surface area contributed by atoms with Gasteiger partial charge < -0.3 is 9.73 Å². The molecule has 1 aromatic heterocycles. The van der Waals surface area contributed by atoms with Gasteiger partial charge in [0, 0.05) is 6.54 Å². The lowest BCUT2D eigenvalue weighted by atomic mass is 10.3. The van der Waals surface area contributed by atoms with Gasteiger partial charge in [-0.1, -0.05) is 13.3 Å². The first kappa shape index (κ1) is 12.7. The number of unbranched alkanes of at least 4 members (excludes halogenated alkanes) is 1. The number of oxazole rings is 1. The largest absolute Gasteiger partial charge is 0.445 e. The van der Waals surface area contributed by atoms with Crippen molar-refractivity contribution in [3.05, 3.63) is 17.8 Å². The summed E-state index contributed by atoms with van der Waals surface area (Å²) in [6.07, 6.45) is 3.77. The normalized spacial score (nSPS) is 10.4. The predicted octanol–water partition coefficient (Wildman–Crippen LogP) is 0.989. The van der Waals surface area contributed by atoms with E-state index in [1.54, 1.807) is 6.20 Å². The van der Waals surface area contributed by atoms with Crippen molar-refractivity contribution in [3.63, 3.8) is 0 Å². The quantitative estimate of drug-likeness (QED) is 0.679. The van der Waals surface area contributed by atoms with Gasteiger partial charge in [0.1, 0.15) is 5.76 Å². The topological polar surface area (TPSA) is 67.2 Å². The van der Waals surface area contributed by atoms with Crippen molar-refractivity contribution >= 4 is 5.91 Å². The summed E-state index contributed by atoms with van der Waals surface area (Å²) in [5, 5.41) is 5.80. The maximum atomic E-state index is 11.3. The average Bonchev–Trinajstić information content (AvgIpc) is 2.65. The summed E-state index contributed by atoms with van der Waals surface area (Å²) < 4.78 is 5.26. The second kappa shape index (κ2) is 7.00. The molecule has 1 rings (SSSR count). The SMILES string of the molecule is CCCCNC(=O)CNCc1ncc(C)o1. The molecule has 0 saturated carbocycles. The Hall–Kier alpha value is -1.36. The van der Waals surface area contributed by atoms with Crippen molar-refractivity contribution in [2.45, 2.75) is 33.2 Å². The molecule has 0 radical (unpaired) electrons. The number of carbonyl (C=O) groups excluding carboxylic acids is 1. The molecule has 1 aromatic rings. The molecule has 0 unspecified atom stereocenters. The van der Waals surface area contributed by atoms with E-state index >= 15 is 0 Å². The second-order valence-corrected chi connectivity index (χ2v) is 3.67. The van der Waals surface area contributed by atoms with Crippen molar-refractivity contribution in [3.8, 4) is 0 Å². The molecule has 0 fully saturated rings. The van der Waals surface area contributed by atoms with E-state index in [9.17, 15) is 4.79 Å². The Balaban J connectivity index is 2.08. The van der Waals surface area contributed by atoms with Crippen molar-refractivity contribution in [2.75, 3.05) is 13.1 Å². The number of aromatic nitrogens is 1. The molecule has 0 aliphatic carbocycles. The van der Waals surface area contributed by atoms with Crippen molar-refractivity contribution in [1.82, 2.24) is 15.6 Å². The number of amides is 1. The molecular weight excluding hydrogens is 206 g/mol. The van der Waals surface area contributed by atoms with Gasteiger partial charge in [-0.25, -0.2) is 4.98 Å². The molecule has 1 amide bonds. The van der Waals surface area contributed by atoms with E-state index in [2.05, 4.69) is 22.5 Å². The first-order valence-corrected chi connectivity index (χ1v) is 5.61. The molecule has 0 bridgehead atoms. The van der Waals surface area contributed by atoms with Crippen molar-refractivity contribution in [2.24, 2.45) is 0 Å². The maximum absolute atomic E-state index is 11.3. The summed E-state index contributed by atoms with van der Waals surface area (Å²) in [7, 11) is 0. The van der Waals surface area contributed by atoms with E-state index in [1.165, 1.54) is 0 Å². The fourth-order valence-corrected chi connectivity index (χ4v) is 1.23. The Bertz CT molecular complexity index is 323. The van der Waals surface area contributed by atoms with Crippen LogP contribution in [0.4, 0.5) is 0 Å². The molecule has 0 atom stereocenters. The Kier molecular flexibility index (Phi) is 5.56. The van der Waals surface area contributed by atoms with E-state index in [0.29, 0.717) is 19.0 Å². The third-order valence-corrected chi connectivity index (χ3v) is 2.08. The molecule has 1 heterocycles. The minimum atomic E-state index is 0.0109. The lowest BCUT2D eigenvalue weighted by Crippen LogP contribution is -2.34. The first-order chi connectivity index (χ1) is 7.72. The van der Waals surface area contributed by atoms with Gasteiger partial charge in [-0.3, -0.25) is 10.1 Å². The molecule has 0 aliphatic rings. The summed E-state index contributed by atoms with van der Waals surface area (Å²) in [6, 6.07) is 0. The van der Waals surface area contributed by atoms with E-state index in [1.807, 2.05) is 6.92 Å². The monoisotopic (exact) mass is 225 g/mol. The molecule has 90 valence electrons. The molecule has 0 saturated heterocycles. The number of rotatable bonds is 7. The molecule has 5 nitrogen and oxygen atoms in total. The molecule has 5 heteroatoms. The standard InChI is InChI=1S/C11H19N3O2/c1-3-4-5-13-10(15)7-12-8-11-14-6-9(2)16-11/h6,12H,3-5,7-8H2,1-2H3,(H,13,15). The second-order valence-electron chi connectivity index (χ2n) is 3.67. The van der Waals surface area contributed by atoms with Crippen LogP contribution in [0.25, 0.3) is 0 Å². The van der Waals surface area contributed by atoms with Gasteiger partial charge in [-0.05, 0) is 13.3 Å². The van der Waals surface area contributed by atoms with Crippen molar-refractivity contribution < 1.29 is 9.21 Å². The van der Waals surface area contributed by atoms with Gasteiger partial charge in [0.2, 0.25) is 11.8 Å². The summed E-state index contributed by atoms with van der Waals surface area (Å²) in [5.74, 6) is 1.40. The minimum Gasteiger partial charge on any atom is -0.445 e. The Morgan fingerprint density at radius 3 is 3.00 bits per heavy atom. The molecular formula is C11H19N3O2. The lowest BCUT2D eigenvalue weighted by molar-refractivity contribution is -0.120. The van der Waals surface area contributed by atoms with Crippen molar-refractivity contribution in [1.29, 1.82) is 0 Å². The third kappa shape index (κ3) is 4.93. The molecule has 0 spiro atoms. The van der Waals surface area contributed by atoms with Crippen LogP contribution in [-0.4, -0.2) is 24.0 Å². The molecule has 16 heavy (non-hydrogen) atoms. The van der Waals surface area contributed by atoms with Crippen LogP contribution in [0.2, 0.25) is 0 Å². The first-order valence-electron chi connectivity index (χ1n) is 5.61. The smallest absolute Gasteiger partial charge is 0.233 e.